The Morgan fingerprint density at radius 2 is 1.52 bits per heavy atom. The monoisotopic (exact) mass is 460 g/mol. The van der Waals surface area contributed by atoms with Gasteiger partial charge in [0, 0.05) is 11.6 Å². The minimum Gasteiger partial charge on any atom is -0.484 e. The summed E-state index contributed by atoms with van der Waals surface area (Å²) in [6.45, 7) is 3.62. The van der Waals surface area contributed by atoms with Crippen LogP contribution < -0.4 is 4.74 Å². The van der Waals surface area contributed by atoms with E-state index >= 15 is 0 Å². The van der Waals surface area contributed by atoms with Gasteiger partial charge in [-0.25, -0.2) is 4.98 Å². The van der Waals surface area contributed by atoms with Gasteiger partial charge in [0.15, 0.2) is 0 Å². The SMILES string of the molecule is CCCCCCCCCCCCn1c(COc2ccc(Cl)cc2Cl)nc2ccccc21. The zero-order valence-corrected chi connectivity index (χ0v) is 20.1. The van der Waals surface area contributed by atoms with Crippen LogP contribution in [-0.4, -0.2) is 9.55 Å². The molecule has 0 saturated heterocycles. The summed E-state index contributed by atoms with van der Waals surface area (Å²) >= 11 is 12.2. The van der Waals surface area contributed by atoms with Gasteiger partial charge in [0.05, 0.1) is 16.1 Å². The summed E-state index contributed by atoms with van der Waals surface area (Å²) < 4.78 is 8.27. The van der Waals surface area contributed by atoms with E-state index in [1.807, 2.05) is 6.07 Å². The van der Waals surface area contributed by atoms with E-state index in [1.54, 1.807) is 18.2 Å². The molecular formula is C26H34Cl2N2O. The summed E-state index contributed by atoms with van der Waals surface area (Å²) in [6, 6.07) is 13.6. The van der Waals surface area contributed by atoms with E-state index in [0.717, 1.165) is 24.3 Å². The Morgan fingerprint density at radius 1 is 0.839 bits per heavy atom. The third-order valence-corrected chi connectivity index (χ3v) is 6.25. The number of ether oxygens (including phenoxy) is 1. The molecule has 0 fully saturated rings. The summed E-state index contributed by atoms with van der Waals surface area (Å²) in [5, 5.41) is 1.12. The lowest BCUT2D eigenvalue weighted by Crippen LogP contribution is -2.08. The van der Waals surface area contributed by atoms with Crippen molar-refractivity contribution >= 4 is 34.2 Å². The van der Waals surface area contributed by atoms with Gasteiger partial charge in [-0.2, -0.15) is 0 Å². The molecule has 0 bridgehead atoms. The standard InChI is InChI=1S/C26H34Cl2N2O/c1-2-3-4-5-6-7-8-9-10-13-18-30-24-15-12-11-14-23(24)29-26(30)20-31-25-17-16-21(27)19-22(25)28/h11-12,14-17,19H,2-10,13,18,20H2,1H3. The molecule has 0 spiro atoms. The van der Waals surface area contributed by atoms with E-state index in [9.17, 15) is 0 Å². The van der Waals surface area contributed by atoms with Gasteiger partial charge in [-0.1, -0.05) is 100 Å². The molecule has 0 aliphatic rings. The zero-order chi connectivity index (χ0) is 21.9. The second-order valence-corrected chi connectivity index (χ2v) is 9.06. The predicted molar refractivity (Wildman–Crippen MR) is 132 cm³/mol. The molecule has 0 unspecified atom stereocenters. The van der Waals surface area contributed by atoms with Crippen molar-refractivity contribution in [2.45, 2.75) is 84.3 Å². The molecule has 3 aromatic rings. The van der Waals surface area contributed by atoms with Crippen LogP contribution >= 0.6 is 23.2 Å². The predicted octanol–water partition coefficient (Wildman–Crippen LogP) is 8.84. The first-order chi connectivity index (χ1) is 15.2. The molecule has 1 heterocycles. The lowest BCUT2D eigenvalue weighted by molar-refractivity contribution is 0.289. The third kappa shape index (κ3) is 7.43. The Balaban J connectivity index is 1.51. The zero-order valence-electron chi connectivity index (χ0n) is 18.6. The number of para-hydroxylation sites is 2. The van der Waals surface area contributed by atoms with Crippen LogP contribution in [0.2, 0.25) is 10.0 Å². The highest BCUT2D eigenvalue weighted by atomic mass is 35.5. The Hall–Kier alpha value is -1.71. The van der Waals surface area contributed by atoms with Crippen LogP contribution in [0.1, 0.15) is 77.0 Å². The Morgan fingerprint density at radius 3 is 2.23 bits per heavy atom. The number of unbranched alkanes of at least 4 members (excludes halogenated alkanes) is 9. The van der Waals surface area contributed by atoms with E-state index in [-0.39, 0.29) is 0 Å². The molecule has 0 amide bonds. The van der Waals surface area contributed by atoms with Gasteiger partial charge in [0.2, 0.25) is 0 Å². The molecular weight excluding hydrogens is 427 g/mol. The number of halogens is 2. The number of rotatable bonds is 14. The molecule has 0 N–H and O–H groups in total. The van der Waals surface area contributed by atoms with Gasteiger partial charge in [-0.15, -0.1) is 0 Å². The van der Waals surface area contributed by atoms with Crippen LogP contribution in [0.5, 0.6) is 5.75 Å². The Labute approximate surface area is 196 Å². The van der Waals surface area contributed by atoms with Crippen LogP contribution in [0, 0.1) is 0 Å². The lowest BCUT2D eigenvalue weighted by Gasteiger charge is -2.11. The summed E-state index contributed by atoms with van der Waals surface area (Å²) in [6.07, 6.45) is 13.3. The van der Waals surface area contributed by atoms with Crippen LogP contribution in [0.15, 0.2) is 42.5 Å². The van der Waals surface area contributed by atoms with E-state index in [4.69, 9.17) is 32.9 Å². The quantitative estimate of drug-likeness (QED) is 0.224. The molecule has 168 valence electrons. The second kappa shape index (κ2) is 13.0. The fourth-order valence-electron chi connectivity index (χ4n) is 3.98. The molecule has 1 aromatic heterocycles. The maximum absolute atomic E-state index is 6.26. The van der Waals surface area contributed by atoms with E-state index in [1.165, 1.54) is 63.3 Å². The molecule has 0 saturated carbocycles. The summed E-state index contributed by atoms with van der Waals surface area (Å²) in [4.78, 5) is 4.81. The first-order valence-corrected chi connectivity index (χ1v) is 12.5. The molecule has 5 heteroatoms. The van der Waals surface area contributed by atoms with Gasteiger partial charge in [-0.3, -0.25) is 0 Å². The summed E-state index contributed by atoms with van der Waals surface area (Å²) in [5.41, 5.74) is 2.18. The van der Waals surface area contributed by atoms with Gasteiger partial charge in [-0.05, 0) is 36.8 Å². The number of aryl methyl sites for hydroxylation is 1. The van der Waals surface area contributed by atoms with Crippen LogP contribution in [0.3, 0.4) is 0 Å². The van der Waals surface area contributed by atoms with Crippen molar-refractivity contribution in [2.75, 3.05) is 0 Å². The number of aromatic nitrogens is 2. The Kier molecular flexibility index (Phi) is 10.0. The van der Waals surface area contributed by atoms with E-state index < -0.39 is 0 Å². The normalized spacial score (nSPS) is 11.3. The summed E-state index contributed by atoms with van der Waals surface area (Å²) in [5.74, 6) is 1.56. The molecule has 0 radical (unpaired) electrons. The molecule has 2 aromatic carbocycles. The average Bonchev–Trinajstić information content (AvgIpc) is 3.12. The number of hydrogen-bond acceptors (Lipinski definition) is 2. The second-order valence-electron chi connectivity index (χ2n) is 8.21. The van der Waals surface area contributed by atoms with Crippen molar-refractivity contribution in [3.63, 3.8) is 0 Å². The number of benzene rings is 2. The largest absolute Gasteiger partial charge is 0.484 e. The highest BCUT2D eigenvalue weighted by molar-refractivity contribution is 6.35. The van der Waals surface area contributed by atoms with Gasteiger partial charge < -0.3 is 9.30 Å². The maximum atomic E-state index is 6.26. The number of imidazole rings is 1. The number of fused-ring (bicyclic) bond motifs is 1. The van der Waals surface area contributed by atoms with Crippen LogP contribution in [0.4, 0.5) is 0 Å². The molecule has 3 rings (SSSR count). The van der Waals surface area contributed by atoms with Crippen molar-refractivity contribution in [2.24, 2.45) is 0 Å². The molecule has 0 aliphatic carbocycles. The minimum atomic E-state index is 0.383. The van der Waals surface area contributed by atoms with E-state index in [0.29, 0.717) is 22.4 Å². The topological polar surface area (TPSA) is 27.1 Å². The number of hydrogen-bond donors (Lipinski definition) is 0. The van der Waals surface area contributed by atoms with Gasteiger partial charge >= 0.3 is 0 Å². The van der Waals surface area contributed by atoms with Crippen LogP contribution in [0.25, 0.3) is 11.0 Å². The van der Waals surface area contributed by atoms with Crippen molar-refractivity contribution < 1.29 is 4.74 Å². The third-order valence-electron chi connectivity index (χ3n) is 5.72. The van der Waals surface area contributed by atoms with Crippen molar-refractivity contribution in [1.82, 2.24) is 9.55 Å². The molecule has 31 heavy (non-hydrogen) atoms. The average molecular weight is 461 g/mol. The summed E-state index contributed by atoms with van der Waals surface area (Å²) in [7, 11) is 0. The smallest absolute Gasteiger partial charge is 0.147 e. The fraction of sp³-hybridized carbons (Fsp3) is 0.500. The van der Waals surface area contributed by atoms with Crippen molar-refractivity contribution in [3.05, 3.63) is 58.3 Å². The first kappa shape index (κ1) is 23.9. The molecule has 0 aliphatic heterocycles. The minimum absolute atomic E-state index is 0.383. The molecule has 0 atom stereocenters. The highest BCUT2D eigenvalue weighted by Gasteiger charge is 2.12. The fourth-order valence-corrected chi connectivity index (χ4v) is 4.44. The van der Waals surface area contributed by atoms with E-state index in [2.05, 4.69) is 29.7 Å². The highest BCUT2D eigenvalue weighted by Crippen LogP contribution is 2.28. The Bertz CT molecular complexity index is 938. The van der Waals surface area contributed by atoms with Gasteiger partial charge in [0.1, 0.15) is 18.2 Å². The number of nitrogens with zero attached hydrogens (tertiary/aromatic N) is 2. The maximum Gasteiger partial charge on any atom is 0.147 e. The first-order valence-electron chi connectivity index (χ1n) is 11.7. The van der Waals surface area contributed by atoms with Gasteiger partial charge in [0.25, 0.3) is 0 Å². The lowest BCUT2D eigenvalue weighted by atomic mass is 10.1. The van der Waals surface area contributed by atoms with Crippen molar-refractivity contribution in [3.8, 4) is 5.75 Å². The van der Waals surface area contributed by atoms with Crippen molar-refractivity contribution in [1.29, 1.82) is 0 Å². The van der Waals surface area contributed by atoms with Crippen LogP contribution in [-0.2, 0) is 13.2 Å². The molecule has 3 nitrogen and oxygen atoms in total.